The van der Waals surface area contributed by atoms with Gasteiger partial charge in [0.15, 0.2) is 11.6 Å². The summed E-state index contributed by atoms with van der Waals surface area (Å²) in [5.74, 6) is 0.591. The molecule has 6 heteroatoms. The summed E-state index contributed by atoms with van der Waals surface area (Å²) in [6, 6.07) is 6.76. The van der Waals surface area contributed by atoms with Crippen LogP contribution in [0.25, 0.3) is 22.5 Å². The summed E-state index contributed by atoms with van der Waals surface area (Å²) < 4.78 is 26.5. The van der Waals surface area contributed by atoms with Gasteiger partial charge in [0.05, 0.1) is 19.8 Å². The Morgan fingerprint density at radius 1 is 1.16 bits per heavy atom. The average molecular weight is 341 g/mol. The topological polar surface area (TPSA) is 49.2 Å². The highest BCUT2D eigenvalue weighted by molar-refractivity contribution is 5.80. The second-order valence-electron chi connectivity index (χ2n) is 5.72. The molecular weight excluding hydrogens is 321 g/mol. The fraction of sp³-hybridized carbons (Fsp3) is 0.263. The lowest BCUT2D eigenvalue weighted by Crippen LogP contribution is -2.15. The van der Waals surface area contributed by atoms with Gasteiger partial charge in [0.2, 0.25) is 0 Å². The third-order valence-electron chi connectivity index (χ3n) is 4.10. The van der Waals surface area contributed by atoms with E-state index in [9.17, 15) is 4.39 Å². The summed E-state index contributed by atoms with van der Waals surface area (Å²) in [7, 11) is 3.13. The van der Waals surface area contributed by atoms with Crippen molar-refractivity contribution in [1.82, 2.24) is 14.5 Å². The number of nitrogens with zero attached hydrogens (tertiary/aromatic N) is 3. The van der Waals surface area contributed by atoms with Gasteiger partial charge in [0.1, 0.15) is 5.82 Å². The first-order valence-corrected chi connectivity index (χ1v) is 7.96. The average Bonchev–Trinajstić information content (AvgIpc) is 3.09. The second-order valence-corrected chi connectivity index (χ2v) is 5.72. The van der Waals surface area contributed by atoms with Crippen LogP contribution in [0.2, 0.25) is 0 Å². The molecule has 0 saturated carbocycles. The van der Waals surface area contributed by atoms with E-state index in [1.165, 1.54) is 13.2 Å². The minimum atomic E-state index is -0.411. The maximum atomic E-state index is 14.1. The van der Waals surface area contributed by atoms with Gasteiger partial charge in [-0.15, -0.1) is 0 Å². The highest BCUT2D eigenvalue weighted by atomic mass is 19.1. The maximum absolute atomic E-state index is 14.1. The van der Waals surface area contributed by atoms with Crippen molar-refractivity contribution in [2.24, 2.45) is 0 Å². The molecule has 5 nitrogen and oxygen atoms in total. The summed E-state index contributed by atoms with van der Waals surface area (Å²) in [6.45, 7) is 2.67. The third-order valence-corrected chi connectivity index (χ3v) is 4.10. The number of rotatable bonds is 6. The molecule has 0 spiro atoms. The SMILES string of the molecule is COc1ccc(-c2cnccc2-c2nccn2CC(C)OC)cc1F. The predicted molar refractivity (Wildman–Crippen MR) is 93.9 cm³/mol. The van der Waals surface area contributed by atoms with E-state index in [0.29, 0.717) is 6.54 Å². The summed E-state index contributed by atoms with van der Waals surface area (Å²) in [5.41, 5.74) is 2.41. The highest BCUT2D eigenvalue weighted by Gasteiger charge is 2.15. The molecule has 2 heterocycles. The molecule has 1 aromatic carbocycles. The number of benzene rings is 1. The van der Waals surface area contributed by atoms with Gasteiger partial charge in [-0.3, -0.25) is 4.98 Å². The van der Waals surface area contributed by atoms with E-state index in [4.69, 9.17) is 9.47 Å². The number of hydrogen-bond donors (Lipinski definition) is 0. The molecule has 0 aliphatic carbocycles. The van der Waals surface area contributed by atoms with Crippen molar-refractivity contribution < 1.29 is 13.9 Å². The van der Waals surface area contributed by atoms with E-state index in [2.05, 4.69) is 9.97 Å². The Kier molecular flexibility index (Phi) is 5.09. The normalized spacial score (nSPS) is 12.2. The van der Waals surface area contributed by atoms with E-state index in [0.717, 1.165) is 22.5 Å². The van der Waals surface area contributed by atoms with Crippen LogP contribution in [0.1, 0.15) is 6.92 Å². The minimum absolute atomic E-state index is 0.0525. The Morgan fingerprint density at radius 3 is 2.72 bits per heavy atom. The van der Waals surface area contributed by atoms with Crippen molar-refractivity contribution in [3.05, 3.63) is 54.9 Å². The van der Waals surface area contributed by atoms with Crippen LogP contribution in [0.5, 0.6) is 5.75 Å². The lowest BCUT2D eigenvalue weighted by Gasteiger charge is -2.15. The summed E-state index contributed by atoms with van der Waals surface area (Å²) >= 11 is 0. The number of hydrogen-bond acceptors (Lipinski definition) is 4. The van der Waals surface area contributed by atoms with E-state index in [1.807, 2.05) is 29.8 Å². The number of aromatic nitrogens is 3. The monoisotopic (exact) mass is 341 g/mol. The summed E-state index contributed by atoms with van der Waals surface area (Å²) in [5, 5.41) is 0. The molecule has 0 radical (unpaired) electrons. The number of pyridine rings is 1. The second kappa shape index (κ2) is 7.44. The van der Waals surface area contributed by atoms with Gasteiger partial charge in [-0.05, 0) is 30.7 Å². The van der Waals surface area contributed by atoms with Crippen LogP contribution in [0.3, 0.4) is 0 Å². The van der Waals surface area contributed by atoms with Gasteiger partial charge in [-0.1, -0.05) is 6.07 Å². The first-order valence-electron chi connectivity index (χ1n) is 7.96. The number of imidazole rings is 1. The van der Waals surface area contributed by atoms with Crippen molar-refractivity contribution in [2.75, 3.05) is 14.2 Å². The van der Waals surface area contributed by atoms with Crippen molar-refractivity contribution in [3.8, 4) is 28.3 Å². The molecule has 1 atom stereocenters. The Labute approximate surface area is 146 Å². The van der Waals surface area contributed by atoms with Gasteiger partial charge in [-0.25, -0.2) is 9.37 Å². The van der Waals surface area contributed by atoms with Crippen molar-refractivity contribution >= 4 is 0 Å². The molecule has 25 heavy (non-hydrogen) atoms. The lowest BCUT2D eigenvalue weighted by atomic mass is 10.0. The largest absolute Gasteiger partial charge is 0.494 e. The predicted octanol–water partition coefficient (Wildman–Crippen LogP) is 3.79. The van der Waals surface area contributed by atoms with Crippen molar-refractivity contribution in [1.29, 1.82) is 0 Å². The van der Waals surface area contributed by atoms with E-state index < -0.39 is 5.82 Å². The molecule has 1 unspecified atom stereocenters. The van der Waals surface area contributed by atoms with Crippen LogP contribution in [0, 0.1) is 5.82 Å². The molecule has 0 bridgehead atoms. The van der Waals surface area contributed by atoms with Crippen LogP contribution < -0.4 is 4.74 Å². The van der Waals surface area contributed by atoms with Crippen LogP contribution in [0.4, 0.5) is 4.39 Å². The molecule has 130 valence electrons. The Bertz CT molecular complexity index is 863. The minimum Gasteiger partial charge on any atom is -0.494 e. The van der Waals surface area contributed by atoms with Crippen LogP contribution in [-0.4, -0.2) is 34.9 Å². The highest BCUT2D eigenvalue weighted by Crippen LogP contribution is 2.32. The molecule has 0 fully saturated rings. The van der Waals surface area contributed by atoms with E-state index >= 15 is 0 Å². The molecule has 3 rings (SSSR count). The Balaban J connectivity index is 2.06. The molecule has 0 aliphatic rings. The smallest absolute Gasteiger partial charge is 0.165 e. The number of ether oxygens (including phenoxy) is 2. The number of halogens is 1. The lowest BCUT2D eigenvalue weighted by molar-refractivity contribution is 0.103. The summed E-state index contributed by atoms with van der Waals surface area (Å²) in [6.07, 6.45) is 7.13. The Morgan fingerprint density at radius 2 is 2.00 bits per heavy atom. The fourth-order valence-corrected chi connectivity index (χ4v) is 2.71. The van der Waals surface area contributed by atoms with Gasteiger partial charge in [0, 0.05) is 43.0 Å². The van der Waals surface area contributed by atoms with Gasteiger partial charge in [-0.2, -0.15) is 0 Å². The molecule has 0 amide bonds. The standard InChI is InChI=1S/C19H20FN3O2/c1-13(24-2)12-23-9-8-22-19(23)15-6-7-21-11-16(15)14-4-5-18(25-3)17(20)10-14/h4-11,13H,12H2,1-3H3. The third kappa shape index (κ3) is 3.53. The van der Waals surface area contributed by atoms with Crippen LogP contribution in [-0.2, 0) is 11.3 Å². The molecule has 0 aliphatic heterocycles. The molecule has 0 saturated heterocycles. The van der Waals surface area contributed by atoms with Gasteiger partial charge >= 0.3 is 0 Å². The van der Waals surface area contributed by atoms with E-state index in [1.54, 1.807) is 31.8 Å². The van der Waals surface area contributed by atoms with Crippen molar-refractivity contribution in [3.63, 3.8) is 0 Å². The fourth-order valence-electron chi connectivity index (χ4n) is 2.71. The van der Waals surface area contributed by atoms with Gasteiger partial charge in [0.25, 0.3) is 0 Å². The zero-order chi connectivity index (χ0) is 17.8. The maximum Gasteiger partial charge on any atom is 0.165 e. The zero-order valence-electron chi connectivity index (χ0n) is 14.4. The molecule has 3 aromatic rings. The van der Waals surface area contributed by atoms with Gasteiger partial charge < -0.3 is 14.0 Å². The molecule has 2 aromatic heterocycles. The molecular formula is C19H20FN3O2. The van der Waals surface area contributed by atoms with Crippen LogP contribution in [0.15, 0.2) is 49.1 Å². The first-order chi connectivity index (χ1) is 12.1. The first kappa shape index (κ1) is 17.1. The zero-order valence-corrected chi connectivity index (χ0v) is 14.4. The van der Waals surface area contributed by atoms with E-state index in [-0.39, 0.29) is 11.9 Å². The quantitative estimate of drug-likeness (QED) is 0.684. The number of methoxy groups -OCH3 is 2. The summed E-state index contributed by atoms with van der Waals surface area (Å²) in [4.78, 5) is 8.67. The Hall–Kier alpha value is -2.73. The molecule has 0 N–H and O–H groups in total. The van der Waals surface area contributed by atoms with Crippen molar-refractivity contribution in [2.45, 2.75) is 19.6 Å². The van der Waals surface area contributed by atoms with Crippen LogP contribution >= 0.6 is 0 Å².